The van der Waals surface area contributed by atoms with Crippen LogP contribution in [0.25, 0.3) is 0 Å². The zero-order valence-electron chi connectivity index (χ0n) is 5.03. The number of hydrogen-bond acceptors (Lipinski definition) is 2. The molecule has 0 aromatic rings. The summed E-state index contributed by atoms with van der Waals surface area (Å²) in [6.45, 7) is 0.977. The third-order valence-corrected chi connectivity index (χ3v) is 1.25. The molecule has 0 saturated heterocycles. The monoisotopic (exact) mass is 170 g/mol. The summed E-state index contributed by atoms with van der Waals surface area (Å²) in [5, 5.41) is 8.43. The van der Waals surface area contributed by atoms with Crippen molar-refractivity contribution in [2.75, 3.05) is 6.61 Å². The Morgan fingerprint density at radius 3 is 2.22 bits per heavy atom. The molecular weight excluding hydrogens is 163 g/mol. The molecule has 0 aliphatic heterocycles. The molecule has 0 aliphatic carbocycles. The number of aliphatic hydroxyl groups is 1. The minimum Gasteiger partial charge on any atom is -0.393 e. The van der Waals surface area contributed by atoms with E-state index in [0.717, 1.165) is 0 Å². The van der Waals surface area contributed by atoms with Crippen molar-refractivity contribution in [2.24, 2.45) is 0 Å². The SMILES string of the molecule is CC(=O)CC(Cl)(Cl)CO. The standard InChI is InChI=1S/C5H8Cl2O2/c1-4(9)2-5(6,7)3-8/h8H,2-3H2,1H3. The van der Waals surface area contributed by atoms with Gasteiger partial charge in [-0.25, -0.2) is 0 Å². The molecule has 9 heavy (non-hydrogen) atoms. The minimum absolute atomic E-state index is 0.00733. The summed E-state index contributed by atoms with van der Waals surface area (Å²) in [6.07, 6.45) is -0.00733. The number of carbonyl (C=O) groups is 1. The molecule has 0 aromatic carbocycles. The second-order valence-electron chi connectivity index (χ2n) is 1.89. The molecule has 0 amide bonds. The lowest BCUT2D eigenvalue weighted by Crippen LogP contribution is -2.21. The van der Waals surface area contributed by atoms with Crippen LogP contribution in [0.1, 0.15) is 13.3 Å². The summed E-state index contributed by atoms with van der Waals surface area (Å²) in [5.41, 5.74) is 0. The average molecular weight is 171 g/mol. The number of halogens is 2. The van der Waals surface area contributed by atoms with Gasteiger partial charge in [-0.15, -0.1) is 0 Å². The molecule has 1 N–H and O–H groups in total. The van der Waals surface area contributed by atoms with E-state index in [1.165, 1.54) is 6.92 Å². The molecule has 2 nitrogen and oxygen atoms in total. The maximum absolute atomic E-state index is 10.3. The fourth-order valence-electron chi connectivity index (χ4n) is 0.420. The van der Waals surface area contributed by atoms with Crippen LogP contribution < -0.4 is 0 Å². The Hall–Kier alpha value is 0.210. The summed E-state index contributed by atoms with van der Waals surface area (Å²) < 4.78 is -1.29. The third kappa shape index (κ3) is 4.70. The number of aliphatic hydroxyl groups excluding tert-OH is 1. The van der Waals surface area contributed by atoms with E-state index in [2.05, 4.69) is 0 Å². The molecule has 0 fully saturated rings. The van der Waals surface area contributed by atoms with Gasteiger partial charge in [0.15, 0.2) is 0 Å². The van der Waals surface area contributed by atoms with E-state index in [4.69, 9.17) is 28.3 Å². The zero-order valence-corrected chi connectivity index (χ0v) is 6.54. The first-order valence-electron chi connectivity index (χ1n) is 2.46. The summed E-state index contributed by atoms with van der Waals surface area (Å²) >= 11 is 10.8. The molecule has 4 heteroatoms. The lowest BCUT2D eigenvalue weighted by Gasteiger charge is -2.12. The van der Waals surface area contributed by atoms with Gasteiger partial charge in [-0.1, -0.05) is 23.2 Å². The van der Waals surface area contributed by atoms with Crippen molar-refractivity contribution in [3.8, 4) is 0 Å². The maximum Gasteiger partial charge on any atom is 0.148 e. The summed E-state index contributed by atoms with van der Waals surface area (Å²) in [6, 6.07) is 0. The van der Waals surface area contributed by atoms with Gasteiger partial charge in [0.1, 0.15) is 10.1 Å². The normalized spacial score (nSPS) is 11.6. The van der Waals surface area contributed by atoms with Gasteiger partial charge in [-0.3, -0.25) is 4.79 Å². The van der Waals surface area contributed by atoms with Crippen molar-refractivity contribution in [1.29, 1.82) is 0 Å². The Morgan fingerprint density at radius 1 is 1.67 bits per heavy atom. The maximum atomic E-state index is 10.3. The van der Waals surface area contributed by atoms with Crippen LogP contribution in [-0.2, 0) is 4.79 Å². The van der Waals surface area contributed by atoms with Crippen LogP contribution in [-0.4, -0.2) is 21.8 Å². The Labute approximate surface area is 63.8 Å². The molecule has 0 heterocycles. The van der Waals surface area contributed by atoms with E-state index in [9.17, 15) is 4.79 Å². The number of ketones is 1. The number of rotatable bonds is 3. The first kappa shape index (κ1) is 9.21. The van der Waals surface area contributed by atoms with Crippen LogP contribution >= 0.6 is 23.2 Å². The van der Waals surface area contributed by atoms with Crippen LogP contribution in [0.5, 0.6) is 0 Å². The fourth-order valence-corrected chi connectivity index (χ4v) is 0.796. The van der Waals surface area contributed by atoms with Crippen molar-refractivity contribution >= 4 is 29.0 Å². The van der Waals surface area contributed by atoms with Gasteiger partial charge in [0.05, 0.1) is 6.61 Å². The van der Waals surface area contributed by atoms with Crippen molar-refractivity contribution < 1.29 is 9.90 Å². The van der Waals surface area contributed by atoms with Crippen molar-refractivity contribution in [2.45, 2.75) is 17.7 Å². The van der Waals surface area contributed by atoms with Crippen LogP contribution in [0, 0.1) is 0 Å². The molecule has 54 valence electrons. The van der Waals surface area contributed by atoms with Gasteiger partial charge in [0.2, 0.25) is 0 Å². The van der Waals surface area contributed by atoms with E-state index in [1.54, 1.807) is 0 Å². The summed E-state index contributed by atoms with van der Waals surface area (Å²) in [4.78, 5) is 10.3. The number of Topliss-reactive ketones (excluding diaryl/α,β-unsaturated/α-hetero) is 1. The molecule has 0 bridgehead atoms. The Kier molecular flexibility index (Phi) is 3.48. The molecule has 0 aromatic heterocycles. The highest BCUT2D eigenvalue weighted by atomic mass is 35.5. The van der Waals surface area contributed by atoms with E-state index in [0.29, 0.717) is 0 Å². The molecule has 0 aliphatic rings. The first-order chi connectivity index (χ1) is 3.98. The quantitative estimate of drug-likeness (QED) is 0.646. The third-order valence-electron chi connectivity index (χ3n) is 0.739. The second-order valence-corrected chi connectivity index (χ2v) is 3.53. The highest BCUT2D eigenvalue weighted by molar-refractivity contribution is 6.49. The minimum atomic E-state index is -1.29. The molecular formula is C5H8Cl2O2. The van der Waals surface area contributed by atoms with Gasteiger partial charge in [-0.2, -0.15) is 0 Å². The zero-order chi connectivity index (χ0) is 7.49. The van der Waals surface area contributed by atoms with E-state index >= 15 is 0 Å². The Balaban J connectivity index is 3.71. The van der Waals surface area contributed by atoms with E-state index in [1.807, 2.05) is 0 Å². The molecule has 0 unspecified atom stereocenters. The van der Waals surface area contributed by atoms with E-state index in [-0.39, 0.29) is 12.2 Å². The average Bonchev–Trinajstić information content (AvgIpc) is 1.63. The van der Waals surface area contributed by atoms with Crippen molar-refractivity contribution in [3.63, 3.8) is 0 Å². The first-order valence-corrected chi connectivity index (χ1v) is 3.21. The lowest BCUT2D eigenvalue weighted by molar-refractivity contribution is -0.117. The van der Waals surface area contributed by atoms with Crippen molar-refractivity contribution in [1.82, 2.24) is 0 Å². The van der Waals surface area contributed by atoms with Crippen molar-refractivity contribution in [3.05, 3.63) is 0 Å². The van der Waals surface area contributed by atoms with Gasteiger partial charge in [0.25, 0.3) is 0 Å². The smallest absolute Gasteiger partial charge is 0.148 e. The predicted molar refractivity (Wildman–Crippen MR) is 36.8 cm³/mol. The predicted octanol–water partition coefficient (Wildman–Crippen LogP) is 1.13. The van der Waals surface area contributed by atoms with Crippen LogP contribution in [0.3, 0.4) is 0 Å². The second kappa shape index (κ2) is 3.40. The molecule has 0 radical (unpaired) electrons. The number of alkyl halides is 2. The number of carbonyl (C=O) groups excluding carboxylic acids is 1. The summed E-state index contributed by atoms with van der Waals surface area (Å²) in [5.74, 6) is -0.131. The largest absolute Gasteiger partial charge is 0.393 e. The highest BCUT2D eigenvalue weighted by Crippen LogP contribution is 2.24. The lowest BCUT2D eigenvalue weighted by atomic mass is 10.2. The fraction of sp³-hybridized carbons (Fsp3) is 0.800. The Morgan fingerprint density at radius 2 is 2.11 bits per heavy atom. The van der Waals surface area contributed by atoms with Gasteiger partial charge < -0.3 is 5.11 Å². The van der Waals surface area contributed by atoms with Gasteiger partial charge in [0, 0.05) is 6.42 Å². The molecule has 0 rings (SSSR count). The van der Waals surface area contributed by atoms with Crippen LogP contribution in [0.15, 0.2) is 0 Å². The molecule has 0 saturated carbocycles. The Bertz CT molecular complexity index is 112. The topological polar surface area (TPSA) is 37.3 Å². The van der Waals surface area contributed by atoms with Crippen LogP contribution in [0.4, 0.5) is 0 Å². The van der Waals surface area contributed by atoms with Gasteiger partial charge >= 0.3 is 0 Å². The molecule has 0 atom stereocenters. The summed E-state index contributed by atoms with van der Waals surface area (Å²) in [7, 11) is 0. The van der Waals surface area contributed by atoms with Crippen LogP contribution in [0.2, 0.25) is 0 Å². The van der Waals surface area contributed by atoms with Gasteiger partial charge in [-0.05, 0) is 6.92 Å². The van der Waals surface area contributed by atoms with E-state index < -0.39 is 10.9 Å². The highest BCUT2D eigenvalue weighted by Gasteiger charge is 2.24. The number of hydrogen-bond donors (Lipinski definition) is 1. The molecule has 0 spiro atoms.